The topological polar surface area (TPSA) is 24.9 Å². The lowest BCUT2D eigenvalue weighted by Gasteiger charge is -2.06. The molecule has 2 rings (SSSR count). The number of nitrogens with one attached hydrogen (secondary N) is 1. The van der Waals surface area contributed by atoms with E-state index >= 15 is 0 Å². The van der Waals surface area contributed by atoms with Crippen molar-refractivity contribution in [3.63, 3.8) is 0 Å². The lowest BCUT2D eigenvalue weighted by molar-refractivity contribution is -0.137. The van der Waals surface area contributed by atoms with E-state index in [0.717, 1.165) is 41.4 Å². The molecule has 0 aliphatic heterocycles. The third kappa shape index (κ3) is 4.05. The van der Waals surface area contributed by atoms with E-state index in [1.807, 2.05) is 12.4 Å². The highest BCUT2D eigenvalue weighted by Crippen LogP contribution is 2.29. The van der Waals surface area contributed by atoms with Gasteiger partial charge in [-0.15, -0.1) is 11.3 Å². The van der Waals surface area contributed by atoms with Crippen molar-refractivity contribution in [3.8, 4) is 0 Å². The van der Waals surface area contributed by atoms with Crippen molar-refractivity contribution in [1.82, 2.24) is 10.3 Å². The van der Waals surface area contributed by atoms with Crippen LogP contribution in [0.4, 0.5) is 13.2 Å². The summed E-state index contributed by atoms with van der Waals surface area (Å²) in [6.07, 6.45) is -2.84. The van der Waals surface area contributed by atoms with Crippen LogP contribution in [0.15, 0.2) is 29.6 Å². The van der Waals surface area contributed by atoms with Crippen molar-refractivity contribution in [3.05, 3.63) is 51.5 Å². The first-order valence-electron chi connectivity index (χ1n) is 6.23. The Kier molecular flexibility index (Phi) is 4.77. The summed E-state index contributed by atoms with van der Waals surface area (Å²) < 4.78 is 37.4. The van der Waals surface area contributed by atoms with Crippen LogP contribution in [0.3, 0.4) is 0 Å². The number of hydrogen-bond donors (Lipinski definition) is 1. The number of hydrogen-bond acceptors (Lipinski definition) is 3. The SMILES string of the molecule is CNCCc1csc(Cc2ccc(C(F)(F)F)cc2)n1. The van der Waals surface area contributed by atoms with Crippen LogP contribution in [0.1, 0.15) is 21.8 Å². The molecule has 1 N–H and O–H groups in total. The van der Waals surface area contributed by atoms with Crippen molar-refractivity contribution < 1.29 is 13.2 Å². The van der Waals surface area contributed by atoms with Crippen LogP contribution in [0.5, 0.6) is 0 Å². The fourth-order valence-electron chi connectivity index (χ4n) is 1.78. The van der Waals surface area contributed by atoms with Gasteiger partial charge in [-0.1, -0.05) is 12.1 Å². The van der Waals surface area contributed by atoms with Crippen molar-refractivity contribution in [1.29, 1.82) is 0 Å². The van der Waals surface area contributed by atoms with E-state index in [1.165, 1.54) is 12.1 Å². The second-order valence-electron chi connectivity index (χ2n) is 4.46. The summed E-state index contributed by atoms with van der Waals surface area (Å²) >= 11 is 1.54. The zero-order chi connectivity index (χ0) is 14.6. The summed E-state index contributed by atoms with van der Waals surface area (Å²) in [5, 5.41) is 5.98. The van der Waals surface area contributed by atoms with Gasteiger partial charge in [-0.2, -0.15) is 13.2 Å². The maximum atomic E-state index is 12.5. The number of thiazole rings is 1. The van der Waals surface area contributed by atoms with E-state index in [0.29, 0.717) is 6.42 Å². The summed E-state index contributed by atoms with van der Waals surface area (Å²) in [7, 11) is 1.88. The Balaban J connectivity index is 2.01. The molecule has 1 heterocycles. The van der Waals surface area contributed by atoms with E-state index in [4.69, 9.17) is 0 Å². The first-order valence-corrected chi connectivity index (χ1v) is 7.11. The third-order valence-corrected chi connectivity index (χ3v) is 3.76. The zero-order valence-electron chi connectivity index (χ0n) is 11.0. The van der Waals surface area contributed by atoms with Gasteiger partial charge in [-0.05, 0) is 24.7 Å². The first kappa shape index (κ1) is 15.0. The van der Waals surface area contributed by atoms with Gasteiger partial charge in [0.15, 0.2) is 0 Å². The Morgan fingerprint density at radius 1 is 1.20 bits per heavy atom. The van der Waals surface area contributed by atoms with Crippen LogP contribution in [0.2, 0.25) is 0 Å². The van der Waals surface area contributed by atoms with Gasteiger partial charge in [0.2, 0.25) is 0 Å². The number of likely N-dealkylation sites (N-methyl/N-ethyl adjacent to an activating group) is 1. The lowest BCUT2D eigenvalue weighted by atomic mass is 10.1. The summed E-state index contributed by atoms with van der Waals surface area (Å²) in [5.74, 6) is 0. The molecule has 0 saturated heterocycles. The third-order valence-electron chi connectivity index (χ3n) is 2.87. The normalized spacial score (nSPS) is 11.8. The highest BCUT2D eigenvalue weighted by Gasteiger charge is 2.29. The van der Waals surface area contributed by atoms with Crippen molar-refractivity contribution in [2.75, 3.05) is 13.6 Å². The minimum atomic E-state index is -4.28. The molecule has 0 fully saturated rings. The Labute approximate surface area is 119 Å². The first-order chi connectivity index (χ1) is 9.49. The molecule has 1 aromatic heterocycles. The quantitative estimate of drug-likeness (QED) is 0.914. The van der Waals surface area contributed by atoms with Gasteiger partial charge < -0.3 is 5.32 Å². The average Bonchev–Trinajstić information content (AvgIpc) is 2.83. The number of aromatic nitrogens is 1. The number of alkyl halides is 3. The molecule has 0 saturated carbocycles. The standard InChI is InChI=1S/C14H15F3N2S/c1-18-7-6-12-9-20-13(19-12)8-10-2-4-11(5-3-10)14(15,16)17/h2-5,9,18H,6-8H2,1H3. The molecule has 0 bridgehead atoms. The minimum absolute atomic E-state index is 0.572. The number of rotatable bonds is 5. The van der Waals surface area contributed by atoms with E-state index in [9.17, 15) is 13.2 Å². The second kappa shape index (κ2) is 6.37. The van der Waals surface area contributed by atoms with Gasteiger partial charge >= 0.3 is 6.18 Å². The molecule has 1 aromatic carbocycles. The van der Waals surface area contributed by atoms with Crippen LogP contribution in [-0.2, 0) is 19.0 Å². The average molecular weight is 300 g/mol. The maximum Gasteiger partial charge on any atom is 0.416 e. The predicted octanol–water partition coefficient (Wildman–Crippen LogP) is 3.51. The van der Waals surface area contributed by atoms with Crippen LogP contribution in [0, 0.1) is 0 Å². The molecular formula is C14H15F3N2S. The van der Waals surface area contributed by atoms with Gasteiger partial charge in [0.05, 0.1) is 16.3 Å². The largest absolute Gasteiger partial charge is 0.416 e. The minimum Gasteiger partial charge on any atom is -0.319 e. The fourth-order valence-corrected chi connectivity index (χ4v) is 2.65. The van der Waals surface area contributed by atoms with E-state index in [1.54, 1.807) is 11.3 Å². The van der Waals surface area contributed by atoms with Crippen LogP contribution in [0.25, 0.3) is 0 Å². The molecule has 0 spiro atoms. The smallest absolute Gasteiger partial charge is 0.319 e. The van der Waals surface area contributed by atoms with Gasteiger partial charge in [0.25, 0.3) is 0 Å². The molecule has 108 valence electrons. The summed E-state index contributed by atoms with van der Waals surface area (Å²) in [5.41, 5.74) is 1.24. The van der Waals surface area contributed by atoms with Crippen LogP contribution in [-0.4, -0.2) is 18.6 Å². The number of benzene rings is 1. The monoisotopic (exact) mass is 300 g/mol. The number of halogens is 3. The van der Waals surface area contributed by atoms with Crippen molar-refractivity contribution in [2.45, 2.75) is 19.0 Å². The van der Waals surface area contributed by atoms with E-state index in [-0.39, 0.29) is 0 Å². The van der Waals surface area contributed by atoms with Gasteiger partial charge in [0.1, 0.15) is 0 Å². The molecule has 0 radical (unpaired) electrons. The molecule has 6 heteroatoms. The predicted molar refractivity (Wildman–Crippen MR) is 74.0 cm³/mol. The fraction of sp³-hybridized carbons (Fsp3) is 0.357. The zero-order valence-corrected chi connectivity index (χ0v) is 11.8. The Morgan fingerprint density at radius 2 is 1.90 bits per heavy atom. The Morgan fingerprint density at radius 3 is 2.50 bits per heavy atom. The highest BCUT2D eigenvalue weighted by atomic mass is 32.1. The van der Waals surface area contributed by atoms with Crippen molar-refractivity contribution in [2.24, 2.45) is 0 Å². The molecule has 0 amide bonds. The molecule has 0 unspecified atom stereocenters. The molecule has 2 nitrogen and oxygen atoms in total. The van der Waals surface area contributed by atoms with Gasteiger partial charge in [0, 0.05) is 24.8 Å². The number of nitrogens with zero attached hydrogens (tertiary/aromatic N) is 1. The molecule has 0 aliphatic carbocycles. The lowest BCUT2D eigenvalue weighted by Crippen LogP contribution is -2.10. The van der Waals surface area contributed by atoms with E-state index in [2.05, 4.69) is 10.3 Å². The molecular weight excluding hydrogens is 285 g/mol. The summed E-state index contributed by atoms with van der Waals surface area (Å²) in [4.78, 5) is 4.47. The summed E-state index contributed by atoms with van der Waals surface area (Å²) in [6, 6.07) is 5.25. The molecule has 20 heavy (non-hydrogen) atoms. The second-order valence-corrected chi connectivity index (χ2v) is 5.40. The molecule has 0 atom stereocenters. The maximum absolute atomic E-state index is 12.5. The van der Waals surface area contributed by atoms with Crippen LogP contribution >= 0.6 is 11.3 Å². The summed E-state index contributed by atoms with van der Waals surface area (Å²) in [6.45, 7) is 0.865. The van der Waals surface area contributed by atoms with E-state index < -0.39 is 11.7 Å². The highest BCUT2D eigenvalue weighted by molar-refractivity contribution is 7.09. The van der Waals surface area contributed by atoms with Gasteiger partial charge in [-0.25, -0.2) is 4.98 Å². The molecule has 0 aliphatic rings. The van der Waals surface area contributed by atoms with Gasteiger partial charge in [-0.3, -0.25) is 0 Å². The van der Waals surface area contributed by atoms with Crippen molar-refractivity contribution >= 4 is 11.3 Å². The Bertz CT molecular complexity index is 546. The Hall–Kier alpha value is -1.40. The van der Waals surface area contributed by atoms with Crippen LogP contribution < -0.4 is 5.32 Å². The molecule has 2 aromatic rings.